The number of hydrogen-bond acceptors (Lipinski definition) is 6. The van der Waals surface area contributed by atoms with Crippen molar-refractivity contribution in [3.63, 3.8) is 0 Å². The van der Waals surface area contributed by atoms with E-state index in [1.807, 2.05) is 0 Å². The van der Waals surface area contributed by atoms with Crippen LogP contribution in [0.3, 0.4) is 0 Å². The van der Waals surface area contributed by atoms with Crippen molar-refractivity contribution in [2.24, 2.45) is 5.92 Å². The van der Waals surface area contributed by atoms with Gasteiger partial charge < -0.3 is 14.7 Å². The van der Waals surface area contributed by atoms with Crippen LogP contribution in [0.4, 0.5) is 11.5 Å². The van der Waals surface area contributed by atoms with Gasteiger partial charge in [0.05, 0.1) is 4.92 Å². The summed E-state index contributed by atoms with van der Waals surface area (Å²) >= 11 is 0. The summed E-state index contributed by atoms with van der Waals surface area (Å²) in [5, 5.41) is 17.3. The Morgan fingerprint density at radius 2 is 2.04 bits per heavy atom. The van der Waals surface area contributed by atoms with E-state index in [0.717, 1.165) is 0 Å². The number of hydrogen-bond donors (Lipinski definition) is 1. The van der Waals surface area contributed by atoms with E-state index in [0.29, 0.717) is 37.5 Å². The molecule has 2 aromatic rings. The van der Waals surface area contributed by atoms with Gasteiger partial charge in [-0.1, -0.05) is 11.2 Å². The maximum absolute atomic E-state index is 12.5. The number of amides is 2. The van der Waals surface area contributed by atoms with E-state index in [9.17, 15) is 19.7 Å². The minimum absolute atomic E-state index is 0.118. The molecule has 136 valence electrons. The van der Waals surface area contributed by atoms with E-state index in [4.69, 9.17) is 4.52 Å². The molecule has 1 aromatic carbocycles. The van der Waals surface area contributed by atoms with Crippen LogP contribution in [-0.2, 0) is 4.79 Å². The van der Waals surface area contributed by atoms with Crippen LogP contribution in [-0.4, -0.2) is 39.9 Å². The molecule has 1 aliphatic heterocycles. The molecular weight excluding hydrogens is 340 g/mol. The first kappa shape index (κ1) is 17.6. The molecule has 0 aliphatic carbocycles. The van der Waals surface area contributed by atoms with Crippen LogP contribution in [0.15, 0.2) is 34.9 Å². The lowest BCUT2D eigenvalue weighted by molar-refractivity contribution is -0.384. The SMILES string of the molecule is Cc1cc(NC(=O)C2CCN(C(=O)c3cccc([N+](=O)[O-])c3)CC2)no1. The molecule has 0 unspecified atom stereocenters. The topological polar surface area (TPSA) is 119 Å². The molecule has 1 aliphatic rings. The van der Waals surface area contributed by atoms with Gasteiger partial charge in [-0.2, -0.15) is 0 Å². The Morgan fingerprint density at radius 1 is 1.31 bits per heavy atom. The number of nitrogens with zero attached hydrogens (tertiary/aromatic N) is 3. The average molecular weight is 358 g/mol. The number of nitrogens with one attached hydrogen (secondary N) is 1. The third kappa shape index (κ3) is 3.88. The van der Waals surface area contributed by atoms with E-state index in [-0.39, 0.29) is 29.0 Å². The summed E-state index contributed by atoms with van der Waals surface area (Å²) in [5.74, 6) is 0.349. The number of nitro groups is 1. The Kier molecular flexibility index (Phi) is 4.97. The van der Waals surface area contributed by atoms with Gasteiger partial charge in [0.1, 0.15) is 5.76 Å². The van der Waals surface area contributed by atoms with Gasteiger partial charge in [-0.3, -0.25) is 19.7 Å². The van der Waals surface area contributed by atoms with E-state index in [1.165, 1.54) is 18.2 Å². The summed E-state index contributed by atoms with van der Waals surface area (Å²) < 4.78 is 4.91. The number of carbonyl (C=O) groups excluding carboxylic acids is 2. The van der Waals surface area contributed by atoms with Gasteiger partial charge in [-0.25, -0.2) is 0 Å². The summed E-state index contributed by atoms with van der Waals surface area (Å²) in [6, 6.07) is 7.30. The molecule has 0 bridgehead atoms. The van der Waals surface area contributed by atoms with Crippen molar-refractivity contribution in [3.8, 4) is 0 Å². The summed E-state index contributed by atoms with van der Waals surface area (Å²) in [4.78, 5) is 36.7. The van der Waals surface area contributed by atoms with Crippen LogP contribution in [0.1, 0.15) is 29.0 Å². The zero-order valence-electron chi connectivity index (χ0n) is 14.2. The number of aromatic nitrogens is 1. The Morgan fingerprint density at radius 3 is 2.65 bits per heavy atom. The highest BCUT2D eigenvalue weighted by molar-refractivity contribution is 5.95. The largest absolute Gasteiger partial charge is 0.360 e. The fourth-order valence-electron chi connectivity index (χ4n) is 2.93. The number of carbonyl (C=O) groups is 2. The molecule has 9 heteroatoms. The van der Waals surface area contributed by atoms with Gasteiger partial charge in [-0.05, 0) is 25.8 Å². The van der Waals surface area contributed by atoms with Gasteiger partial charge in [0.15, 0.2) is 5.82 Å². The average Bonchev–Trinajstić information content (AvgIpc) is 3.06. The quantitative estimate of drug-likeness (QED) is 0.662. The molecule has 9 nitrogen and oxygen atoms in total. The smallest absolute Gasteiger partial charge is 0.270 e. The maximum Gasteiger partial charge on any atom is 0.270 e. The lowest BCUT2D eigenvalue weighted by atomic mass is 9.95. The Hall–Kier alpha value is -3.23. The Balaban J connectivity index is 1.57. The number of rotatable bonds is 4. The zero-order valence-corrected chi connectivity index (χ0v) is 14.2. The number of nitro benzene ring substituents is 1. The number of likely N-dealkylation sites (tertiary alicyclic amines) is 1. The van der Waals surface area contributed by atoms with Crippen molar-refractivity contribution in [2.45, 2.75) is 19.8 Å². The number of aryl methyl sites for hydroxylation is 1. The number of piperidine rings is 1. The van der Waals surface area contributed by atoms with E-state index < -0.39 is 4.92 Å². The first-order chi connectivity index (χ1) is 12.4. The van der Waals surface area contributed by atoms with Crippen molar-refractivity contribution in [1.82, 2.24) is 10.1 Å². The molecule has 1 N–H and O–H groups in total. The first-order valence-corrected chi connectivity index (χ1v) is 8.22. The molecule has 1 saturated heterocycles. The Bertz CT molecular complexity index is 839. The highest BCUT2D eigenvalue weighted by atomic mass is 16.6. The van der Waals surface area contributed by atoms with Gasteiger partial charge in [-0.15, -0.1) is 0 Å². The highest BCUT2D eigenvalue weighted by Gasteiger charge is 2.28. The third-order valence-corrected chi connectivity index (χ3v) is 4.34. The highest BCUT2D eigenvalue weighted by Crippen LogP contribution is 2.22. The minimum Gasteiger partial charge on any atom is -0.360 e. The van der Waals surface area contributed by atoms with E-state index in [1.54, 1.807) is 24.0 Å². The van der Waals surface area contributed by atoms with Gasteiger partial charge in [0.25, 0.3) is 11.6 Å². The molecule has 0 spiro atoms. The second-order valence-corrected chi connectivity index (χ2v) is 6.19. The first-order valence-electron chi connectivity index (χ1n) is 8.22. The lowest BCUT2D eigenvalue weighted by Crippen LogP contribution is -2.41. The maximum atomic E-state index is 12.5. The molecular formula is C17H18N4O5. The van der Waals surface area contributed by atoms with Crippen LogP contribution in [0, 0.1) is 23.0 Å². The fraction of sp³-hybridized carbons (Fsp3) is 0.353. The van der Waals surface area contributed by atoms with Gasteiger partial charge in [0.2, 0.25) is 5.91 Å². The monoisotopic (exact) mass is 358 g/mol. The normalized spacial score (nSPS) is 14.9. The van der Waals surface area contributed by atoms with Crippen molar-refractivity contribution < 1.29 is 19.0 Å². The van der Waals surface area contributed by atoms with Crippen molar-refractivity contribution >= 4 is 23.3 Å². The third-order valence-electron chi connectivity index (χ3n) is 4.34. The van der Waals surface area contributed by atoms with Crippen molar-refractivity contribution in [3.05, 3.63) is 51.8 Å². The molecule has 0 radical (unpaired) electrons. The number of anilines is 1. The summed E-state index contributed by atoms with van der Waals surface area (Å²) in [7, 11) is 0. The number of non-ortho nitro benzene ring substituents is 1. The minimum atomic E-state index is -0.529. The molecule has 0 atom stereocenters. The standard InChI is InChI=1S/C17H18N4O5/c1-11-9-15(19-26-11)18-16(22)12-5-7-20(8-6-12)17(23)13-3-2-4-14(10-13)21(24)25/h2-4,9-10,12H,5-8H2,1H3,(H,18,19,22). The van der Waals surface area contributed by atoms with Crippen molar-refractivity contribution in [2.75, 3.05) is 18.4 Å². The van der Waals surface area contributed by atoms with E-state index in [2.05, 4.69) is 10.5 Å². The van der Waals surface area contributed by atoms with Crippen LogP contribution >= 0.6 is 0 Å². The second kappa shape index (κ2) is 7.34. The molecule has 2 amide bonds. The number of benzene rings is 1. The molecule has 1 aromatic heterocycles. The molecule has 3 rings (SSSR count). The summed E-state index contributed by atoms with van der Waals surface area (Å²) in [5.41, 5.74) is 0.160. The molecule has 26 heavy (non-hydrogen) atoms. The molecule has 1 fully saturated rings. The van der Waals surface area contributed by atoms with Crippen LogP contribution in [0.5, 0.6) is 0 Å². The van der Waals surface area contributed by atoms with Crippen LogP contribution in [0.25, 0.3) is 0 Å². The van der Waals surface area contributed by atoms with Gasteiger partial charge >= 0.3 is 0 Å². The van der Waals surface area contributed by atoms with E-state index >= 15 is 0 Å². The fourth-order valence-corrected chi connectivity index (χ4v) is 2.93. The second-order valence-electron chi connectivity index (χ2n) is 6.19. The summed E-state index contributed by atoms with van der Waals surface area (Å²) in [6.07, 6.45) is 1.03. The lowest BCUT2D eigenvalue weighted by Gasteiger charge is -2.31. The van der Waals surface area contributed by atoms with Crippen molar-refractivity contribution in [1.29, 1.82) is 0 Å². The molecule has 0 saturated carbocycles. The Labute approximate surface area is 149 Å². The van der Waals surface area contributed by atoms with Gasteiger partial charge in [0, 0.05) is 42.8 Å². The summed E-state index contributed by atoms with van der Waals surface area (Å²) in [6.45, 7) is 2.57. The van der Waals surface area contributed by atoms with Crippen LogP contribution < -0.4 is 5.32 Å². The zero-order chi connectivity index (χ0) is 18.7. The van der Waals surface area contributed by atoms with Crippen LogP contribution in [0.2, 0.25) is 0 Å². The predicted octanol–water partition coefficient (Wildman–Crippen LogP) is 2.38. The molecule has 2 heterocycles. The predicted molar refractivity (Wildman–Crippen MR) is 91.6 cm³/mol.